The molecule has 0 saturated carbocycles. The van der Waals surface area contributed by atoms with E-state index in [1.165, 1.54) is 0 Å². The number of carbonyl (C=O) groups excluding carboxylic acids is 1. The van der Waals surface area contributed by atoms with Gasteiger partial charge < -0.3 is 20.4 Å². The van der Waals surface area contributed by atoms with Gasteiger partial charge in [-0.3, -0.25) is 0 Å². The van der Waals surface area contributed by atoms with Crippen LogP contribution in [0.1, 0.15) is 19.3 Å². The molecule has 0 aliphatic carbocycles. The molecule has 0 spiro atoms. The van der Waals surface area contributed by atoms with E-state index in [0.29, 0.717) is 12.4 Å². The Hall–Kier alpha value is -2.86. The lowest BCUT2D eigenvalue weighted by atomic mass is 10.1. The van der Waals surface area contributed by atoms with Crippen molar-refractivity contribution in [3.63, 3.8) is 0 Å². The SMILES string of the molecule is NC1CCCN(C(=O)Nc2ccc(-c3nc4ccccc4o3)cc2)CC1. The van der Waals surface area contributed by atoms with Gasteiger partial charge in [-0.15, -0.1) is 0 Å². The Morgan fingerprint density at radius 3 is 2.73 bits per heavy atom. The fraction of sp³-hybridized carbons (Fsp3) is 0.300. The van der Waals surface area contributed by atoms with Crippen molar-refractivity contribution in [2.75, 3.05) is 18.4 Å². The first-order valence-corrected chi connectivity index (χ1v) is 8.96. The number of nitrogens with zero attached hydrogens (tertiary/aromatic N) is 2. The highest BCUT2D eigenvalue weighted by atomic mass is 16.3. The number of amides is 2. The van der Waals surface area contributed by atoms with Crippen molar-refractivity contribution >= 4 is 22.8 Å². The molecule has 1 unspecified atom stereocenters. The molecule has 2 amide bonds. The number of aromatic nitrogens is 1. The lowest BCUT2D eigenvalue weighted by Gasteiger charge is -2.21. The molecule has 3 aromatic rings. The molecule has 1 aromatic heterocycles. The zero-order chi connectivity index (χ0) is 17.9. The number of oxazole rings is 1. The molecule has 134 valence electrons. The summed E-state index contributed by atoms with van der Waals surface area (Å²) in [5, 5.41) is 2.95. The van der Waals surface area contributed by atoms with Crippen molar-refractivity contribution < 1.29 is 9.21 Å². The molecule has 4 rings (SSSR count). The van der Waals surface area contributed by atoms with Gasteiger partial charge in [0.15, 0.2) is 5.58 Å². The summed E-state index contributed by atoms with van der Waals surface area (Å²) in [4.78, 5) is 18.8. The molecule has 0 radical (unpaired) electrons. The van der Waals surface area contributed by atoms with Crippen LogP contribution in [0.25, 0.3) is 22.6 Å². The Kier molecular flexibility index (Phi) is 4.58. The first-order chi connectivity index (χ1) is 12.7. The van der Waals surface area contributed by atoms with Crippen molar-refractivity contribution in [3.8, 4) is 11.5 Å². The number of hydrogen-bond acceptors (Lipinski definition) is 4. The van der Waals surface area contributed by atoms with E-state index in [0.717, 1.165) is 48.2 Å². The fourth-order valence-corrected chi connectivity index (χ4v) is 3.22. The molecular formula is C20H22N4O2. The van der Waals surface area contributed by atoms with Crippen LogP contribution in [0.4, 0.5) is 10.5 Å². The van der Waals surface area contributed by atoms with E-state index >= 15 is 0 Å². The predicted molar refractivity (Wildman–Crippen MR) is 102 cm³/mol. The van der Waals surface area contributed by atoms with Crippen molar-refractivity contribution in [1.82, 2.24) is 9.88 Å². The summed E-state index contributed by atoms with van der Waals surface area (Å²) in [6.07, 6.45) is 2.78. The number of hydrogen-bond donors (Lipinski definition) is 2. The van der Waals surface area contributed by atoms with Gasteiger partial charge in [0.2, 0.25) is 5.89 Å². The maximum absolute atomic E-state index is 12.4. The van der Waals surface area contributed by atoms with E-state index in [1.54, 1.807) is 0 Å². The van der Waals surface area contributed by atoms with Gasteiger partial charge in [0.05, 0.1) is 0 Å². The van der Waals surface area contributed by atoms with E-state index in [-0.39, 0.29) is 12.1 Å². The predicted octanol–water partition coefficient (Wildman–Crippen LogP) is 3.84. The molecule has 1 saturated heterocycles. The molecule has 2 heterocycles. The lowest BCUT2D eigenvalue weighted by Crippen LogP contribution is -2.36. The summed E-state index contributed by atoms with van der Waals surface area (Å²) in [7, 11) is 0. The molecule has 26 heavy (non-hydrogen) atoms. The van der Waals surface area contributed by atoms with Gasteiger partial charge in [-0.1, -0.05) is 12.1 Å². The largest absolute Gasteiger partial charge is 0.436 e. The van der Waals surface area contributed by atoms with Crippen LogP contribution in [0, 0.1) is 0 Å². The number of likely N-dealkylation sites (tertiary alicyclic amines) is 1. The van der Waals surface area contributed by atoms with Gasteiger partial charge in [-0.2, -0.15) is 0 Å². The van der Waals surface area contributed by atoms with Gasteiger partial charge in [0, 0.05) is 30.4 Å². The maximum atomic E-state index is 12.4. The third kappa shape index (κ3) is 3.55. The fourth-order valence-electron chi connectivity index (χ4n) is 3.22. The van der Waals surface area contributed by atoms with Gasteiger partial charge in [-0.25, -0.2) is 9.78 Å². The first-order valence-electron chi connectivity index (χ1n) is 8.96. The molecule has 6 nitrogen and oxygen atoms in total. The zero-order valence-electron chi connectivity index (χ0n) is 14.5. The molecule has 0 bridgehead atoms. The van der Waals surface area contributed by atoms with Gasteiger partial charge in [-0.05, 0) is 55.7 Å². The van der Waals surface area contributed by atoms with Crippen LogP contribution >= 0.6 is 0 Å². The van der Waals surface area contributed by atoms with Crippen LogP contribution in [0.5, 0.6) is 0 Å². The molecule has 3 N–H and O–H groups in total. The Morgan fingerprint density at radius 1 is 1.12 bits per heavy atom. The monoisotopic (exact) mass is 350 g/mol. The third-order valence-corrected chi connectivity index (χ3v) is 4.74. The molecule has 1 aliphatic rings. The summed E-state index contributed by atoms with van der Waals surface area (Å²) in [5.74, 6) is 0.575. The van der Waals surface area contributed by atoms with Crippen LogP contribution in [0.3, 0.4) is 0 Å². The number of anilines is 1. The van der Waals surface area contributed by atoms with Crippen molar-refractivity contribution in [1.29, 1.82) is 0 Å². The van der Waals surface area contributed by atoms with E-state index in [4.69, 9.17) is 10.2 Å². The van der Waals surface area contributed by atoms with Crippen molar-refractivity contribution in [2.24, 2.45) is 5.73 Å². The van der Waals surface area contributed by atoms with Gasteiger partial charge >= 0.3 is 6.03 Å². The minimum Gasteiger partial charge on any atom is -0.436 e. The Labute approximate surface area is 152 Å². The Bertz CT molecular complexity index is 871. The normalized spacial score (nSPS) is 17.9. The highest BCUT2D eigenvalue weighted by molar-refractivity contribution is 5.89. The summed E-state index contributed by atoms with van der Waals surface area (Å²) in [5.41, 5.74) is 9.20. The summed E-state index contributed by atoms with van der Waals surface area (Å²) in [6.45, 7) is 1.45. The Balaban J connectivity index is 1.44. The summed E-state index contributed by atoms with van der Waals surface area (Å²) >= 11 is 0. The van der Waals surface area contributed by atoms with Gasteiger partial charge in [0.1, 0.15) is 5.52 Å². The second kappa shape index (κ2) is 7.17. The topological polar surface area (TPSA) is 84.4 Å². The van der Waals surface area contributed by atoms with Crippen LogP contribution in [-0.4, -0.2) is 35.0 Å². The second-order valence-corrected chi connectivity index (χ2v) is 6.67. The number of nitrogens with two attached hydrogens (primary N) is 1. The number of carbonyl (C=O) groups is 1. The number of para-hydroxylation sites is 2. The molecule has 1 fully saturated rings. The van der Waals surface area contributed by atoms with E-state index in [2.05, 4.69) is 10.3 Å². The summed E-state index contributed by atoms with van der Waals surface area (Å²) < 4.78 is 5.78. The average molecular weight is 350 g/mol. The van der Waals surface area contributed by atoms with Crippen LogP contribution in [0.15, 0.2) is 52.9 Å². The van der Waals surface area contributed by atoms with E-state index in [1.807, 2.05) is 53.4 Å². The lowest BCUT2D eigenvalue weighted by molar-refractivity contribution is 0.213. The first kappa shape index (κ1) is 16.6. The minimum absolute atomic E-state index is 0.0753. The van der Waals surface area contributed by atoms with Crippen LogP contribution in [-0.2, 0) is 0 Å². The van der Waals surface area contributed by atoms with Gasteiger partial charge in [0.25, 0.3) is 0 Å². The molecule has 2 aromatic carbocycles. The third-order valence-electron chi connectivity index (χ3n) is 4.74. The van der Waals surface area contributed by atoms with E-state index < -0.39 is 0 Å². The van der Waals surface area contributed by atoms with Crippen LogP contribution < -0.4 is 11.1 Å². The second-order valence-electron chi connectivity index (χ2n) is 6.67. The highest BCUT2D eigenvalue weighted by Gasteiger charge is 2.18. The van der Waals surface area contributed by atoms with E-state index in [9.17, 15) is 4.79 Å². The maximum Gasteiger partial charge on any atom is 0.321 e. The Morgan fingerprint density at radius 2 is 1.92 bits per heavy atom. The smallest absolute Gasteiger partial charge is 0.321 e. The standard InChI is InChI=1S/C20H22N4O2/c21-15-4-3-12-24(13-11-15)20(25)22-16-9-7-14(8-10-16)19-23-17-5-1-2-6-18(17)26-19/h1-2,5-10,15H,3-4,11-13,21H2,(H,22,25). The number of fused-ring (bicyclic) bond motifs is 1. The number of urea groups is 1. The minimum atomic E-state index is -0.0753. The van der Waals surface area contributed by atoms with Crippen molar-refractivity contribution in [2.45, 2.75) is 25.3 Å². The van der Waals surface area contributed by atoms with Crippen molar-refractivity contribution in [3.05, 3.63) is 48.5 Å². The zero-order valence-corrected chi connectivity index (χ0v) is 14.5. The molecule has 1 aliphatic heterocycles. The molecule has 1 atom stereocenters. The number of nitrogens with one attached hydrogen (secondary N) is 1. The number of rotatable bonds is 2. The quantitative estimate of drug-likeness (QED) is 0.735. The molecular weight excluding hydrogens is 328 g/mol. The summed E-state index contributed by atoms with van der Waals surface area (Å²) in [6, 6.07) is 15.3. The number of benzene rings is 2. The molecule has 6 heteroatoms. The average Bonchev–Trinajstić information content (AvgIpc) is 2.97. The van der Waals surface area contributed by atoms with Crippen LogP contribution in [0.2, 0.25) is 0 Å². The highest BCUT2D eigenvalue weighted by Crippen LogP contribution is 2.25.